The monoisotopic (exact) mass is 366 g/mol. The highest BCUT2D eigenvalue weighted by molar-refractivity contribution is 6.30. The first-order valence-corrected chi connectivity index (χ1v) is 8.33. The summed E-state index contributed by atoms with van der Waals surface area (Å²) in [4.78, 5) is 21.0. The molecule has 0 bridgehead atoms. The molecule has 8 heteroatoms. The predicted octanol–water partition coefficient (Wildman–Crippen LogP) is 2.77. The van der Waals surface area contributed by atoms with E-state index in [1.807, 2.05) is 30.3 Å². The fourth-order valence-corrected chi connectivity index (χ4v) is 3.13. The van der Waals surface area contributed by atoms with E-state index in [9.17, 15) is 4.79 Å². The van der Waals surface area contributed by atoms with E-state index in [1.54, 1.807) is 29.9 Å². The first-order chi connectivity index (χ1) is 12.5. The van der Waals surface area contributed by atoms with Crippen LogP contribution in [0.25, 0.3) is 11.4 Å². The average Bonchev–Trinajstić information content (AvgIpc) is 3.05. The predicted molar refractivity (Wildman–Crippen MR) is 98.4 cm³/mol. The molecule has 26 heavy (non-hydrogen) atoms. The Kier molecular flexibility index (Phi) is 3.93. The number of hydrogen-bond acceptors (Lipinski definition) is 5. The zero-order chi connectivity index (χ0) is 18.3. The summed E-state index contributed by atoms with van der Waals surface area (Å²) in [5.41, 5.74) is 8.16. The molecule has 1 aliphatic rings. The van der Waals surface area contributed by atoms with Gasteiger partial charge in [0.2, 0.25) is 11.9 Å². The number of hydrogen-bond donors (Lipinski definition) is 2. The lowest BCUT2D eigenvalue weighted by Crippen LogP contribution is -2.32. The maximum atomic E-state index is 12.1. The van der Waals surface area contributed by atoms with E-state index in [2.05, 4.69) is 20.4 Å². The lowest BCUT2D eigenvalue weighted by Gasteiger charge is -2.26. The Balaban J connectivity index is 1.87. The van der Waals surface area contributed by atoms with Gasteiger partial charge < -0.3 is 11.1 Å². The molecule has 3 heterocycles. The van der Waals surface area contributed by atoms with E-state index >= 15 is 0 Å². The minimum atomic E-state index is -0.543. The topological polar surface area (TPSA) is 98.7 Å². The normalized spacial score (nSPS) is 16.2. The van der Waals surface area contributed by atoms with E-state index in [0.717, 1.165) is 5.56 Å². The number of primary amides is 1. The fourth-order valence-electron chi connectivity index (χ4n) is 3.00. The first-order valence-electron chi connectivity index (χ1n) is 7.95. The molecule has 1 aliphatic heterocycles. The number of nitrogens with zero attached hydrogens (tertiary/aromatic N) is 4. The van der Waals surface area contributed by atoms with E-state index in [-0.39, 0.29) is 0 Å². The van der Waals surface area contributed by atoms with Crippen molar-refractivity contribution >= 4 is 23.5 Å². The molecule has 7 nitrogen and oxygen atoms in total. The third kappa shape index (κ3) is 2.72. The highest BCUT2D eigenvalue weighted by atomic mass is 35.5. The summed E-state index contributed by atoms with van der Waals surface area (Å²) in [7, 11) is 0. The number of carbonyl (C=O) groups is 1. The Morgan fingerprint density at radius 3 is 2.65 bits per heavy atom. The number of halogens is 1. The summed E-state index contributed by atoms with van der Waals surface area (Å²) >= 11 is 5.95. The molecule has 3 aromatic rings. The van der Waals surface area contributed by atoms with Crippen molar-refractivity contribution in [3.63, 3.8) is 0 Å². The zero-order valence-corrected chi connectivity index (χ0v) is 14.6. The number of pyridine rings is 1. The van der Waals surface area contributed by atoms with Gasteiger partial charge in [0.25, 0.3) is 0 Å². The summed E-state index contributed by atoms with van der Waals surface area (Å²) < 4.78 is 1.64. The minimum absolute atomic E-state index is 0.406. The molecule has 4 rings (SSSR count). The average molecular weight is 367 g/mol. The van der Waals surface area contributed by atoms with Crippen molar-refractivity contribution in [3.05, 3.63) is 70.6 Å². The molecule has 1 aromatic carbocycles. The molecule has 0 fully saturated rings. The van der Waals surface area contributed by atoms with Gasteiger partial charge in [-0.25, -0.2) is 4.68 Å². The lowest BCUT2D eigenvalue weighted by molar-refractivity contribution is -0.115. The second kappa shape index (κ2) is 6.27. The molecule has 0 saturated heterocycles. The molecular formula is C18H15ClN6O. The Bertz CT molecular complexity index is 1010. The maximum Gasteiger partial charge on any atom is 0.248 e. The molecule has 0 radical (unpaired) electrons. The van der Waals surface area contributed by atoms with Crippen LogP contribution in [0.1, 0.15) is 18.7 Å². The van der Waals surface area contributed by atoms with E-state index in [0.29, 0.717) is 33.8 Å². The van der Waals surface area contributed by atoms with Crippen LogP contribution in [0.3, 0.4) is 0 Å². The summed E-state index contributed by atoms with van der Waals surface area (Å²) in [6, 6.07) is 12.2. The number of allylic oxidation sites excluding steroid dienone is 1. The molecule has 3 N–H and O–H groups in total. The number of aromatic nitrogens is 4. The van der Waals surface area contributed by atoms with Gasteiger partial charge in [-0.2, -0.15) is 4.98 Å². The Morgan fingerprint density at radius 2 is 2.00 bits per heavy atom. The third-order valence-corrected chi connectivity index (χ3v) is 4.44. The molecule has 0 spiro atoms. The second-order valence-corrected chi connectivity index (χ2v) is 6.33. The lowest BCUT2D eigenvalue weighted by atomic mass is 9.99. The highest BCUT2D eigenvalue weighted by Crippen LogP contribution is 2.35. The molecule has 2 aromatic heterocycles. The van der Waals surface area contributed by atoms with Crippen LogP contribution in [-0.2, 0) is 4.79 Å². The van der Waals surface area contributed by atoms with Crippen molar-refractivity contribution in [3.8, 4) is 11.4 Å². The van der Waals surface area contributed by atoms with Crippen LogP contribution in [-0.4, -0.2) is 25.7 Å². The highest BCUT2D eigenvalue weighted by Gasteiger charge is 2.34. The Morgan fingerprint density at radius 1 is 1.23 bits per heavy atom. The summed E-state index contributed by atoms with van der Waals surface area (Å²) in [5.74, 6) is 0.511. The van der Waals surface area contributed by atoms with Crippen LogP contribution in [0, 0.1) is 0 Å². The zero-order valence-electron chi connectivity index (χ0n) is 13.8. The van der Waals surface area contributed by atoms with Gasteiger partial charge in [-0.3, -0.25) is 9.78 Å². The van der Waals surface area contributed by atoms with Crippen molar-refractivity contribution in [1.29, 1.82) is 0 Å². The van der Waals surface area contributed by atoms with Gasteiger partial charge in [-0.1, -0.05) is 17.7 Å². The Hall–Kier alpha value is -3.19. The molecule has 1 atom stereocenters. The molecule has 1 amide bonds. The van der Waals surface area contributed by atoms with Crippen LogP contribution in [0.15, 0.2) is 59.9 Å². The molecule has 130 valence electrons. The summed E-state index contributed by atoms with van der Waals surface area (Å²) in [6.45, 7) is 1.79. The number of fused-ring (bicyclic) bond motifs is 1. The van der Waals surface area contributed by atoms with Gasteiger partial charge in [0.1, 0.15) is 6.04 Å². The van der Waals surface area contributed by atoms with Gasteiger partial charge in [-0.05, 0) is 43.3 Å². The largest absolute Gasteiger partial charge is 0.366 e. The standard InChI is InChI=1S/C18H15ClN6O/c1-10-14(16(20)26)15(13-4-2-3-9-21-13)25-18(22-10)23-17(24-25)11-5-7-12(19)8-6-11/h2-9,15H,1H3,(H2,20,26)(H,22,23,24). The van der Waals surface area contributed by atoms with Gasteiger partial charge in [0.15, 0.2) is 5.82 Å². The molecule has 0 saturated carbocycles. The number of carbonyl (C=O) groups excluding carboxylic acids is 1. The van der Waals surface area contributed by atoms with E-state index in [1.165, 1.54) is 0 Å². The fraction of sp³-hybridized carbons (Fsp3) is 0.111. The van der Waals surface area contributed by atoms with E-state index < -0.39 is 11.9 Å². The SMILES string of the molecule is CC1=C(C(N)=O)C(c2ccccn2)n2nc(-c3ccc(Cl)cc3)nc2N1. The van der Waals surface area contributed by atoms with Crippen LogP contribution < -0.4 is 11.1 Å². The molecule has 1 unspecified atom stereocenters. The summed E-state index contributed by atoms with van der Waals surface area (Å²) in [5, 5.41) is 8.34. The van der Waals surface area contributed by atoms with Crippen LogP contribution >= 0.6 is 11.6 Å². The number of amides is 1. The van der Waals surface area contributed by atoms with E-state index in [4.69, 9.17) is 17.3 Å². The van der Waals surface area contributed by atoms with Crippen LogP contribution in [0.2, 0.25) is 5.02 Å². The van der Waals surface area contributed by atoms with Crippen molar-refractivity contribution in [2.75, 3.05) is 5.32 Å². The Labute approximate surface area is 154 Å². The van der Waals surface area contributed by atoms with Crippen molar-refractivity contribution < 1.29 is 4.79 Å². The number of rotatable bonds is 3. The van der Waals surface area contributed by atoms with Gasteiger partial charge >= 0.3 is 0 Å². The quantitative estimate of drug-likeness (QED) is 0.742. The van der Waals surface area contributed by atoms with Crippen molar-refractivity contribution in [2.45, 2.75) is 13.0 Å². The van der Waals surface area contributed by atoms with Crippen LogP contribution in [0.4, 0.5) is 5.95 Å². The van der Waals surface area contributed by atoms with Gasteiger partial charge in [-0.15, -0.1) is 5.10 Å². The van der Waals surface area contributed by atoms with Crippen molar-refractivity contribution in [2.24, 2.45) is 5.73 Å². The number of nitrogens with two attached hydrogens (primary N) is 1. The molecule has 0 aliphatic carbocycles. The van der Waals surface area contributed by atoms with Crippen LogP contribution in [0.5, 0.6) is 0 Å². The molecular weight excluding hydrogens is 352 g/mol. The minimum Gasteiger partial charge on any atom is -0.366 e. The number of nitrogens with one attached hydrogen (secondary N) is 1. The first kappa shape index (κ1) is 16.3. The number of anilines is 1. The van der Waals surface area contributed by atoms with Gasteiger partial charge in [0, 0.05) is 22.5 Å². The van der Waals surface area contributed by atoms with Crippen molar-refractivity contribution in [1.82, 2.24) is 19.7 Å². The number of benzene rings is 1. The third-order valence-electron chi connectivity index (χ3n) is 4.19. The maximum absolute atomic E-state index is 12.1. The van der Waals surface area contributed by atoms with Gasteiger partial charge in [0.05, 0.1) is 11.3 Å². The summed E-state index contributed by atoms with van der Waals surface area (Å²) in [6.07, 6.45) is 1.67. The smallest absolute Gasteiger partial charge is 0.248 e. The second-order valence-electron chi connectivity index (χ2n) is 5.90.